The molecule has 1 aliphatic rings. The van der Waals surface area contributed by atoms with Gasteiger partial charge in [-0.15, -0.1) is 0 Å². The molecule has 2 rings (SSSR count). The largest absolute Gasteiger partial charge is 0.347 e. The summed E-state index contributed by atoms with van der Waals surface area (Å²) in [6, 6.07) is 0.240. The quantitative estimate of drug-likeness (QED) is 0.734. The number of carbonyl (C=O) groups is 1. The monoisotopic (exact) mass is 206 g/mol. The number of nitrogens with one attached hydrogen (secondary N) is 1. The Kier molecular flexibility index (Phi) is 2.91. The number of likely N-dealkylation sites (tertiary alicyclic amines) is 1. The first-order chi connectivity index (χ1) is 7.25. The molecule has 0 bridgehead atoms. The van der Waals surface area contributed by atoms with Gasteiger partial charge in [-0.1, -0.05) is 0 Å². The summed E-state index contributed by atoms with van der Waals surface area (Å²) < 4.78 is 0. The minimum absolute atomic E-state index is 0.136. The molecule has 1 amide bonds. The van der Waals surface area contributed by atoms with Gasteiger partial charge >= 0.3 is 0 Å². The molecular weight excluding hydrogens is 192 g/mol. The lowest BCUT2D eigenvalue weighted by atomic mass is 10.2. The van der Waals surface area contributed by atoms with Gasteiger partial charge in [0.15, 0.2) is 0 Å². The van der Waals surface area contributed by atoms with Crippen molar-refractivity contribution in [1.29, 1.82) is 0 Å². The van der Waals surface area contributed by atoms with Crippen molar-refractivity contribution in [3.63, 3.8) is 0 Å². The fourth-order valence-electron chi connectivity index (χ4n) is 1.73. The highest BCUT2D eigenvalue weighted by Gasteiger charge is 2.21. The van der Waals surface area contributed by atoms with Gasteiger partial charge < -0.3 is 10.2 Å². The summed E-state index contributed by atoms with van der Waals surface area (Å²) in [5.41, 5.74) is 0.382. The lowest BCUT2D eigenvalue weighted by molar-refractivity contribution is 0.0933. The van der Waals surface area contributed by atoms with Crippen molar-refractivity contribution >= 4 is 5.91 Å². The number of nitrogens with zero attached hydrogens (tertiary/aromatic N) is 3. The first kappa shape index (κ1) is 10.0. The summed E-state index contributed by atoms with van der Waals surface area (Å²) in [7, 11) is 2.05. The Labute approximate surface area is 88.5 Å². The van der Waals surface area contributed by atoms with E-state index >= 15 is 0 Å². The molecule has 5 nitrogen and oxygen atoms in total. The van der Waals surface area contributed by atoms with Crippen LogP contribution in [0.25, 0.3) is 0 Å². The highest BCUT2D eigenvalue weighted by atomic mass is 16.2. The molecule has 80 valence electrons. The van der Waals surface area contributed by atoms with Crippen molar-refractivity contribution in [2.75, 3.05) is 20.1 Å². The normalized spacial score (nSPS) is 21.5. The van der Waals surface area contributed by atoms with Crippen LogP contribution in [0.1, 0.15) is 16.9 Å². The van der Waals surface area contributed by atoms with E-state index in [0.717, 1.165) is 19.5 Å². The van der Waals surface area contributed by atoms with Crippen LogP contribution >= 0.6 is 0 Å². The molecule has 5 heteroatoms. The zero-order valence-electron chi connectivity index (χ0n) is 8.68. The van der Waals surface area contributed by atoms with E-state index in [0.29, 0.717) is 5.69 Å². The summed E-state index contributed by atoms with van der Waals surface area (Å²) >= 11 is 0. The summed E-state index contributed by atoms with van der Waals surface area (Å²) in [6.45, 7) is 1.94. The third-order valence-corrected chi connectivity index (χ3v) is 2.52. The molecule has 1 fully saturated rings. The maximum Gasteiger partial charge on any atom is 0.271 e. The van der Waals surface area contributed by atoms with E-state index in [2.05, 4.69) is 27.2 Å². The molecule has 1 aromatic rings. The minimum Gasteiger partial charge on any atom is -0.347 e. The van der Waals surface area contributed by atoms with Crippen LogP contribution < -0.4 is 5.32 Å². The second kappa shape index (κ2) is 4.35. The van der Waals surface area contributed by atoms with E-state index < -0.39 is 0 Å². The van der Waals surface area contributed by atoms with Gasteiger partial charge in [-0.05, 0) is 20.0 Å². The van der Waals surface area contributed by atoms with E-state index in [4.69, 9.17) is 0 Å². The molecule has 1 N–H and O–H groups in total. The highest BCUT2D eigenvalue weighted by molar-refractivity contribution is 5.92. The van der Waals surface area contributed by atoms with E-state index in [1.807, 2.05) is 0 Å². The standard InChI is InChI=1S/C10H14N4O/c1-14-5-2-8(7-14)13-10(15)9-6-11-3-4-12-9/h3-4,6,8H,2,5,7H2,1H3,(H,13,15). The molecule has 0 spiro atoms. The van der Waals surface area contributed by atoms with Gasteiger partial charge in [0.1, 0.15) is 5.69 Å². The van der Waals surface area contributed by atoms with Crippen molar-refractivity contribution in [3.05, 3.63) is 24.3 Å². The maximum absolute atomic E-state index is 11.7. The van der Waals surface area contributed by atoms with Crippen LogP contribution in [-0.2, 0) is 0 Å². The van der Waals surface area contributed by atoms with Gasteiger partial charge in [0.25, 0.3) is 5.91 Å². The number of hydrogen-bond donors (Lipinski definition) is 1. The molecule has 15 heavy (non-hydrogen) atoms. The molecule has 1 unspecified atom stereocenters. The SMILES string of the molecule is CN1CCC(NC(=O)c2cnccn2)C1. The average molecular weight is 206 g/mol. The Balaban J connectivity index is 1.93. The smallest absolute Gasteiger partial charge is 0.271 e. The van der Waals surface area contributed by atoms with Crippen LogP contribution in [0.2, 0.25) is 0 Å². The van der Waals surface area contributed by atoms with Crippen molar-refractivity contribution in [3.8, 4) is 0 Å². The molecule has 1 saturated heterocycles. The average Bonchev–Trinajstić information content (AvgIpc) is 2.65. The van der Waals surface area contributed by atoms with Gasteiger partial charge in [0.2, 0.25) is 0 Å². The number of amides is 1. The van der Waals surface area contributed by atoms with Gasteiger partial charge in [0.05, 0.1) is 6.20 Å². The zero-order chi connectivity index (χ0) is 10.7. The second-order valence-electron chi connectivity index (χ2n) is 3.81. The molecule has 0 radical (unpaired) electrons. The van der Waals surface area contributed by atoms with Gasteiger partial charge in [-0.2, -0.15) is 0 Å². The third kappa shape index (κ3) is 2.50. The molecule has 0 aliphatic carbocycles. The predicted octanol–water partition coefficient (Wildman–Crippen LogP) is -0.0895. The van der Waals surface area contributed by atoms with E-state index in [-0.39, 0.29) is 11.9 Å². The maximum atomic E-state index is 11.7. The van der Waals surface area contributed by atoms with E-state index in [9.17, 15) is 4.79 Å². The molecule has 1 aliphatic heterocycles. The molecule has 0 aromatic carbocycles. The number of likely N-dealkylation sites (N-methyl/N-ethyl adjacent to an activating group) is 1. The van der Waals surface area contributed by atoms with Crippen LogP contribution in [0.5, 0.6) is 0 Å². The van der Waals surface area contributed by atoms with Crippen LogP contribution in [0.4, 0.5) is 0 Å². The lowest BCUT2D eigenvalue weighted by Gasteiger charge is -2.11. The van der Waals surface area contributed by atoms with Crippen molar-refractivity contribution in [2.45, 2.75) is 12.5 Å². The molecular formula is C10H14N4O. The zero-order valence-corrected chi connectivity index (χ0v) is 8.68. The van der Waals surface area contributed by atoms with Crippen molar-refractivity contribution in [1.82, 2.24) is 20.2 Å². The summed E-state index contributed by atoms with van der Waals surface area (Å²) in [5, 5.41) is 2.94. The van der Waals surface area contributed by atoms with Crippen molar-refractivity contribution in [2.24, 2.45) is 0 Å². The van der Waals surface area contributed by atoms with Gasteiger partial charge in [-0.25, -0.2) is 4.98 Å². The van der Waals surface area contributed by atoms with Gasteiger partial charge in [-0.3, -0.25) is 9.78 Å². The molecule has 0 saturated carbocycles. The molecule has 2 heterocycles. The summed E-state index contributed by atoms with van der Waals surface area (Å²) in [5.74, 6) is -0.136. The first-order valence-electron chi connectivity index (χ1n) is 5.01. The number of rotatable bonds is 2. The lowest BCUT2D eigenvalue weighted by Crippen LogP contribution is -2.36. The fraction of sp³-hybridized carbons (Fsp3) is 0.500. The Morgan fingerprint density at radius 1 is 1.60 bits per heavy atom. The number of hydrogen-bond acceptors (Lipinski definition) is 4. The van der Waals surface area contributed by atoms with E-state index in [1.165, 1.54) is 12.4 Å². The Morgan fingerprint density at radius 3 is 3.07 bits per heavy atom. The highest BCUT2D eigenvalue weighted by Crippen LogP contribution is 2.06. The number of carbonyl (C=O) groups excluding carboxylic acids is 1. The number of aromatic nitrogens is 2. The summed E-state index contributed by atoms with van der Waals surface area (Å²) in [6.07, 6.45) is 5.56. The van der Waals surface area contributed by atoms with Crippen LogP contribution in [0.3, 0.4) is 0 Å². The molecule has 1 aromatic heterocycles. The Hall–Kier alpha value is -1.49. The fourth-order valence-corrected chi connectivity index (χ4v) is 1.73. The summed E-state index contributed by atoms with van der Waals surface area (Å²) in [4.78, 5) is 21.7. The minimum atomic E-state index is -0.136. The van der Waals surface area contributed by atoms with Crippen LogP contribution in [-0.4, -0.2) is 47.0 Å². The predicted molar refractivity (Wildman–Crippen MR) is 55.4 cm³/mol. The third-order valence-electron chi connectivity index (χ3n) is 2.52. The second-order valence-corrected chi connectivity index (χ2v) is 3.81. The first-order valence-corrected chi connectivity index (χ1v) is 5.01. The van der Waals surface area contributed by atoms with Crippen molar-refractivity contribution < 1.29 is 4.79 Å². The van der Waals surface area contributed by atoms with Gasteiger partial charge in [0, 0.05) is 25.0 Å². The van der Waals surface area contributed by atoms with Crippen LogP contribution in [0, 0.1) is 0 Å². The Morgan fingerprint density at radius 2 is 2.47 bits per heavy atom. The van der Waals surface area contributed by atoms with E-state index in [1.54, 1.807) is 6.20 Å². The van der Waals surface area contributed by atoms with Crippen LogP contribution in [0.15, 0.2) is 18.6 Å². The Bertz CT molecular complexity index is 341. The topological polar surface area (TPSA) is 58.1 Å². The molecule has 1 atom stereocenters.